The quantitative estimate of drug-likeness (QED) is 0.246. The van der Waals surface area contributed by atoms with E-state index in [-0.39, 0.29) is 24.2 Å². The molecule has 1 aliphatic rings. The first kappa shape index (κ1) is 29.5. The molecule has 0 saturated carbocycles. The van der Waals surface area contributed by atoms with Crippen LogP contribution in [0.5, 0.6) is 5.75 Å². The van der Waals surface area contributed by atoms with E-state index in [0.29, 0.717) is 17.0 Å². The van der Waals surface area contributed by atoms with Gasteiger partial charge in [-0.05, 0) is 48.6 Å². The van der Waals surface area contributed by atoms with Crippen LogP contribution in [0.15, 0.2) is 72.8 Å². The summed E-state index contributed by atoms with van der Waals surface area (Å²) in [6.07, 6.45) is -0.153. The Hall–Kier alpha value is -4.46. The van der Waals surface area contributed by atoms with E-state index in [1.807, 2.05) is 70.2 Å². The summed E-state index contributed by atoms with van der Waals surface area (Å²) >= 11 is 0. The van der Waals surface area contributed by atoms with E-state index in [2.05, 4.69) is 0 Å². The van der Waals surface area contributed by atoms with Crippen LogP contribution in [0.2, 0.25) is 0 Å². The van der Waals surface area contributed by atoms with Gasteiger partial charge in [-0.1, -0.05) is 75.4 Å². The van der Waals surface area contributed by atoms with Crippen molar-refractivity contribution in [2.45, 2.75) is 53.1 Å². The standard InChI is InChI=1S/C33H36N2O6/c1-7-41-27(36)20-25(22-15-9-8-10-16-22)34(28-21(2)14-13-19-26(28)40-6)32(39)29(33(3,4)5)35-30(37)23-17-11-12-18-24(23)31(35)38/h8-19,25,29H,7,20H2,1-6H3/t25-,29+/m0/s1. The molecule has 41 heavy (non-hydrogen) atoms. The predicted molar refractivity (Wildman–Crippen MR) is 156 cm³/mol. The van der Waals surface area contributed by atoms with E-state index < -0.39 is 41.2 Å². The highest BCUT2D eigenvalue weighted by molar-refractivity contribution is 6.23. The van der Waals surface area contributed by atoms with Crippen molar-refractivity contribution in [2.75, 3.05) is 18.6 Å². The SMILES string of the molecule is CCOC(=O)C[C@@H](c1ccccc1)N(C(=O)[C@@H](N1C(=O)c2ccccc2C1=O)C(C)(C)C)c1c(C)cccc1OC. The Morgan fingerprint density at radius 3 is 2.00 bits per heavy atom. The number of nitrogens with zero attached hydrogens (tertiary/aromatic N) is 2. The highest BCUT2D eigenvalue weighted by Gasteiger charge is 2.50. The number of rotatable bonds is 9. The van der Waals surface area contributed by atoms with Crippen molar-refractivity contribution < 1.29 is 28.7 Å². The fraction of sp³-hybridized carbons (Fsp3) is 0.333. The first-order valence-electron chi connectivity index (χ1n) is 13.6. The third-order valence-electron chi connectivity index (χ3n) is 7.20. The van der Waals surface area contributed by atoms with Gasteiger partial charge in [0.05, 0.1) is 43.0 Å². The molecule has 0 fully saturated rings. The molecule has 3 aromatic rings. The maximum absolute atomic E-state index is 15.1. The summed E-state index contributed by atoms with van der Waals surface area (Å²) in [6.45, 7) is 9.20. The van der Waals surface area contributed by atoms with Gasteiger partial charge in [0, 0.05) is 0 Å². The molecule has 0 aromatic heterocycles. The Labute approximate surface area is 240 Å². The van der Waals surface area contributed by atoms with Crippen LogP contribution in [-0.4, -0.2) is 48.3 Å². The molecule has 0 aliphatic carbocycles. The number of aryl methyl sites for hydroxylation is 1. The number of benzene rings is 3. The zero-order valence-corrected chi connectivity index (χ0v) is 24.3. The number of carbonyl (C=O) groups excluding carboxylic acids is 4. The zero-order valence-electron chi connectivity index (χ0n) is 24.3. The number of imide groups is 1. The average Bonchev–Trinajstić information content (AvgIpc) is 3.18. The summed E-state index contributed by atoms with van der Waals surface area (Å²) in [5, 5.41) is 0. The minimum Gasteiger partial charge on any atom is -0.495 e. The molecule has 2 atom stereocenters. The Balaban J connectivity index is 1.96. The molecule has 8 heteroatoms. The maximum atomic E-state index is 15.1. The summed E-state index contributed by atoms with van der Waals surface area (Å²) in [6, 6.07) is 19.1. The van der Waals surface area contributed by atoms with E-state index in [0.717, 1.165) is 10.5 Å². The second-order valence-electron chi connectivity index (χ2n) is 11.1. The van der Waals surface area contributed by atoms with Gasteiger partial charge in [0.15, 0.2) is 0 Å². The van der Waals surface area contributed by atoms with Crippen LogP contribution in [0.3, 0.4) is 0 Å². The lowest BCUT2D eigenvalue weighted by Crippen LogP contribution is -2.57. The van der Waals surface area contributed by atoms with Gasteiger partial charge in [0.25, 0.3) is 17.7 Å². The number of carbonyl (C=O) groups is 4. The Kier molecular flexibility index (Phi) is 8.61. The van der Waals surface area contributed by atoms with Crippen molar-refractivity contribution in [3.8, 4) is 5.75 Å². The van der Waals surface area contributed by atoms with Gasteiger partial charge >= 0.3 is 5.97 Å². The molecule has 1 heterocycles. The Morgan fingerprint density at radius 1 is 0.878 bits per heavy atom. The summed E-state index contributed by atoms with van der Waals surface area (Å²) in [5.41, 5.74) is 1.50. The number of hydrogen-bond donors (Lipinski definition) is 0. The van der Waals surface area contributed by atoms with Crippen LogP contribution in [-0.2, 0) is 14.3 Å². The number of methoxy groups -OCH3 is 1. The number of fused-ring (bicyclic) bond motifs is 1. The molecule has 4 rings (SSSR count). The second kappa shape index (κ2) is 12.0. The first-order valence-corrected chi connectivity index (χ1v) is 13.6. The number of amides is 3. The summed E-state index contributed by atoms with van der Waals surface area (Å²) in [5.74, 6) is -1.65. The lowest BCUT2D eigenvalue weighted by Gasteiger charge is -2.42. The second-order valence-corrected chi connectivity index (χ2v) is 11.1. The van der Waals surface area contributed by atoms with Crippen LogP contribution in [0.25, 0.3) is 0 Å². The average molecular weight is 557 g/mol. The molecular formula is C33H36N2O6. The molecule has 0 bridgehead atoms. The molecule has 214 valence electrons. The first-order chi connectivity index (χ1) is 19.5. The lowest BCUT2D eigenvalue weighted by molar-refractivity contribution is -0.143. The van der Waals surface area contributed by atoms with Gasteiger partial charge in [-0.2, -0.15) is 0 Å². The highest BCUT2D eigenvalue weighted by atomic mass is 16.5. The van der Waals surface area contributed by atoms with Crippen molar-refractivity contribution >= 4 is 29.4 Å². The van der Waals surface area contributed by atoms with Crippen molar-refractivity contribution in [3.05, 3.63) is 95.1 Å². The smallest absolute Gasteiger partial charge is 0.308 e. The predicted octanol–water partition coefficient (Wildman–Crippen LogP) is 5.74. The van der Waals surface area contributed by atoms with Gasteiger partial charge in [0.1, 0.15) is 11.8 Å². The Morgan fingerprint density at radius 2 is 1.46 bits per heavy atom. The summed E-state index contributed by atoms with van der Waals surface area (Å²) in [7, 11) is 1.51. The number of ether oxygens (including phenoxy) is 2. The van der Waals surface area contributed by atoms with Crippen molar-refractivity contribution in [3.63, 3.8) is 0 Å². The van der Waals surface area contributed by atoms with Crippen molar-refractivity contribution in [1.82, 2.24) is 4.90 Å². The highest BCUT2D eigenvalue weighted by Crippen LogP contribution is 2.42. The normalized spacial score (nSPS) is 14.3. The van der Waals surface area contributed by atoms with Crippen LogP contribution in [0.1, 0.15) is 72.0 Å². The molecule has 1 aliphatic heterocycles. The molecule has 3 aromatic carbocycles. The topological polar surface area (TPSA) is 93.2 Å². The number of anilines is 1. The third-order valence-corrected chi connectivity index (χ3v) is 7.20. The van der Waals surface area contributed by atoms with E-state index in [1.54, 1.807) is 37.3 Å². The van der Waals surface area contributed by atoms with Crippen LogP contribution < -0.4 is 9.64 Å². The van der Waals surface area contributed by atoms with E-state index in [9.17, 15) is 14.4 Å². The molecule has 0 saturated heterocycles. The zero-order chi connectivity index (χ0) is 29.9. The van der Waals surface area contributed by atoms with Gasteiger partial charge in [0.2, 0.25) is 0 Å². The van der Waals surface area contributed by atoms with Crippen LogP contribution >= 0.6 is 0 Å². The molecule has 0 N–H and O–H groups in total. The van der Waals surface area contributed by atoms with Gasteiger partial charge in [-0.3, -0.25) is 29.0 Å². The molecule has 3 amide bonds. The minimum absolute atomic E-state index is 0.153. The van der Waals surface area contributed by atoms with E-state index in [1.165, 1.54) is 12.0 Å². The Bertz CT molecular complexity index is 1430. The number of esters is 1. The molecule has 8 nitrogen and oxygen atoms in total. The molecule has 0 radical (unpaired) electrons. The van der Waals surface area contributed by atoms with Gasteiger partial charge in [-0.25, -0.2) is 0 Å². The van der Waals surface area contributed by atoms with Gasteiger partial charge < -0.3 is 9.47 Å². The minimum atomic E-state index is -1.20. The third kappa shape index (κ3) is 5.73. The largest absolute Gasteiger partial charge is 0.495 e. The van der Waals surface area contributed by atoms with Gasteiger partial charge in [-0.15, -0.1) is 0 Å². The summed E-state index contributed by atoms with van der Waals surface area (Å²) < 4.78 is 11.0. The fourth-order valence-electron chi connectivity index (χ4n) is 5.38. The number of para-hydroxylation sites is 1. The monoisotopic (exact) mass is 556 g/mol. The summed E-state index contributed by atoms with van der Waals surface area (Å²) in [4.78, 5) is 58.0. The van der Waals surface area contributed by atoms with E-state index >= 15 is 4.79 Å². The maximum Gasteiger partial charge on any atom is 0.308 e. The van der Waals surface area contributed by atoms with Crippen molar-refractivity contribution in [2.24, 2.45) is 5.41 Å². The fourth-order valence-corrected chi connectivity index (χ4v) is 5.38. The van der Waals surface area contributed by atoms with Crippen LogP contribution in [0, 0.1) is 12.3 Å². The molecule has 0 unspecified atom stereocenters. The molecular weight excluding hydrogens is 520 g/mol. The van der Waals surface area contributed by atoms with Crippen molar-refractivity contribution in [1.29, 1.82) is 0 Å². The lowest BCUT2D eigenvalue weighted by atomic mass is 9.83. The van der Waals surface area contributed by atoms with E-state index in [4.69, 9.17) is 9.47 Å². The molecule has 0 spiro atoms. The van der Waals surface area contributed by atoms with Crippen LogP contribution in [0.4, 0.5) is 5.69 Å². The number of hydrogen-bond acceptors (Lipinski definition) is 6.